The van der Waals surface area contributed by atoms with Crippen molar-refractivity contribution in [1.29, 1.82) is 0 Å². The topological polar surface area (TPSA) is 54.5 Å². The molecular formula is C15H15NO3S. The van der Waals surface area contributed by atoms with E-state index in [0.29, 0.717) is 11.3 Å². The molecule has 0 fully saturated rings. The van der Waals surface area contributed by atoms with Crippen molar-refractivity contribution in [3.05, 3.63) is 60.2 Å². The summed E-state index contributed by atoms with van der Waals surface area (Å²) in [6.07, 6.45) is 0. The highest BCUT2D eigenvalue weighted by Gasteiger charge is 2.20. The van der Waals surface area contributed by atoms with Gasteiger partial charge in [0.25, 0.3) is 10.0 Å². The molecule has 0 radical (unpaired) electrons. The third kappa shape index (κ3) is 2.72. The van der Waals surface area contributed by atoms with Gasteiger partial charge in [-0.3, -0.25) is 9.10 Å². The average Bonchev–Trinajstić information content (AvgIpc) is 2.47. The lowest BCUT2D eigenvalue weighted by Gasteiger charge is -2.19. The molecule has 5 heteroatoms. The maximum absolute atomic E-state index is 12.4. The molecule has 4 nitrogen and oxygen atoms in total. The van der Waals surface area contributed by atoms with E-state index in [2.05, 4.69) is 0 Å². The van der Waals surface area contributed by atoms with E-state index in [0.717, 1.165) is 0 Å². The minimum Gasteiger partial charge on any atom is -0.295 e. The molecular weight excluding hydrogens is 274 g/mol. The number of carbonyl (C=O) groups excluding carboxylic acids is 1. The summed E-state index contributed by atoms with van der Waals surface area (Å²) in [6, 6.07) is 14.7. The van der Waals surface area contributed by atoms with E-state index in [9.17, 15) is 13.2 Å². The third-order valence-electron chi connectivity index (χ3n) is 3.04. The van der Waals surface area contributed by atoms with Crippen LogP contribution in [0.1, 0.15) is 17.3 Å². The van der Waals surface area contributed by atoms with Gasteiger partial charge in [-0.25, -0.2) is 8.42 Å². The van der Waals surface area contributed by atoms with Crippen molar-refractivity contribution >= 4 is 21.5 Å². The number of hydrogen-bond acceptors (Lipinski definition) is 3. The number of ketones is 1. The molecule has 104 valence electrons. The Labute approximate surface area is 118 Å². The van der Waals surface area contributed by atoms with Crippen molar-refractivity contribution in [2.45, 2.75) is 11.8 Å². The molecule has 0 spiro atoms. The SMILES string of the molecule is CC(=O)c1ccc(N(C)S(=O)(=O)c2ccccc2)cc1. The van der Waals surface area contributed by atoms with Crippen LogP contribution in [0.3, 0.4) is 0 Å². The van der Waals surface area contributed by atoms with Gasteiger partial charge in [0.05, 0.1) is 10.6 Å². The van der Waals surface area contributed by atoms with Crippen LogP contribution < -0.4 is 4.31 Å². The molecule has 0 bridgehead atoms. The van der Waals surface area contributed by atoms with Crippen LogP contribution in [0.2, 0.25) is 0 Å². The number of rotatable bonds is 4. The van der Waals surface area contributed by atoms with Crippen LogP contribution in [0, 0.1) is 0 Å². The summed E-state index contributed by atoms with van der Waals surface area (Å²) in [5, 5.41) is 0. The molecule has 0 aromatic heterocycles. The van der Waals surface area contributed by atoms with Gasteiger partial charge in [-0.1, -0.05) is 18.2 Å². The zero-order valence-corrected chi connectivity index (χ0v) is 12.1. The Morgan fingerprint density at radius 1 is 0.950 bits per heavy atom. The summed E-state index contributed by atoms with van der Waals surface area (Å²) < 4.78 is 26.0. The highest BCUT2D eigenvalue weighted by molar-refractivity contribution is 7.92. The molecule has 0 saturated heterocycles. The summed E-state index contributed by atoms with van der Waals surface area (Å²) in [6.45, 7) is 1.47. The minimum absolute atomic E-state index is 0.0508. The summed E-state index contributed by atoms with van der Waals surface area (Å²) >= 11 is 0. The van der Waals surface area contributed by atoms with Crippen molar-refractivity contribution < 1.29 is 13.2 Å². The van der Waals surface area contributed by atoms with Gasteiger partial charge in [-0.15, -0.1) is 0 Å². The van der Waals surface area contributed by atoms with Crippen LogP contribution in [0.15, 0.2) is 59.5 Å². The fraction of sp³-hybridized carbons (Fsp3) is 0.133. The maximum atomic E-state index is 12.4. The van der Waals surface area contributed by atoms with E-state index in [1.165, 1.54) is 18.3 Å². The first-order valence-corrected chi connectivity index (χ1v) is 7.52. The molecule has 0 N–H and O–H groups in total. The molecule has 2 rings (SSSR count). The predicted octanol–water partition coefficient (Wildman–Crippen LogP) is 2.71. The van der Waals surface area contributed by atoms with E-state index in [4.69, 9.17) is 0 Å². The Kier molecular flexibility index (Phi) is 3.90. The largest absolute Gasteiger partial charge is 0.295 e. The summed E-state index contributed by atoms with van der Waals surface area (Å²) in [7, 11) is -2.09. The normalized spacial score (nSPS) is 11.1. The molecule has 20 heavy (non-hydrogen) atoms. The van der Waals surface area contributed by atoms with E-state index < -0.39 is 10.0 Å². The number of Topliss-reactive ketones (excluding diaryl/α,β-unsaturated/α-hetero) is 1. The molecule has 0 aliphatic rings. The van der Waals surface area contributed by atoms with Gasteiger partial charge in [0.2, 0.25) is 0 Å². The first-order valence-electron chi connectivity index (χ1n) is 6.08. The number of anilines is 1. The van der Waals surface area contributed by atoms with E-state index in [1.807, 2.05) is 0 Å². The van der Waals surface area contributed by atoms with Gasteiger partial charge in [-0.05, 0) is 43.3 Å². The molecule has 2 aromatic carbocycles. The van der Waals surface area contributed by atoms with Crippen molar-refractivity contribution in [2.75, 3.05) is 11.4 Å². The zero-order valence-electron chi connectivity index (χ0n) is 11.3. The van der Waals surface area contributed by atoms with Gasteiger partial charge < -0.3 is 0 Å². The lowest BCUT2D eigenvalue weighted by atomic mass is 10.1. The van der Waals surface area contributed by atoms with Gasteiger partial charge in [-0.2, -0.15) is 0 Å². The molecule has 0 saturated carbocycles. The van der Waals surface area contributed by atoms with E-state index >= 15 is 0 Å². The molecule has 0 heterocycles. The van der Waals surface area contributed by atoms with E-state index in [1.54, 1.807) is 54.6 Å². The van der Waals surface area contributed by atoms with Gasteiger partial charge in [0.15, 0.2) is 5.78 Å². The van der Waals surface area contributed by atoms with E-state index in [-0.39, 0.29) is 10.7 Å². The fourth-order valence-corrected chi connectivity index (χ4v) is 3.01. The van der Waals surface area contributed by atoms with Crippen LogP contribution in [-0.2, 0) is 10.0 Å². The van der Waals surface area contributed by atoms with Gasteiger partial charge >= 0.3 is 0 Å². The minimum atomic E-state index is -3.58. The van der Waals surface area contributed by atoms with Crippen molar-refractivity contribution in [3.8, 4) is 0 Å². The standard InChI is InChI=1S/C15H15NO3S/c1-12(17)13-8-10-14(11-9-13)16(2)20(18,19)15-6-4-3-5-7-15/h3-11H,1-2H3. The van der Waals surface area contributed by atoms with Crippen LogP contribution in [-0.4, -0.2) is 21.2 Å². The third-order valence-corrected chi connectivity index (χ3v) is 4.84. The van der Waals surface area contributed by atoms with Gasteiger partial charge in [0.1, 0.15) is 0 Å². The lowest BCUT2D eigenvalue weighted by molar-refractivity contribution is 0.101. The number of nitrogens with zero attached hydrogens (tertiary/aromatic N) is 1. The molecule has 2 aromatic rings. The Bertz CT molecular complexity index is 707. The van der Waals surface area contributed by atoms with Crippen LogP contribution >= 0.6 is 0 Å². The first-order chi connectivity index (χ1) is 9.43. The summed E-state index contributed by atoms with van der Waals surface area (Å²) in [5.41, 5.74) is 1.07. The van der Waals surface area contributed by atoms with Crippen molar-refractivity contribution in [3.63, 3.8) is 0 Å². The molecule has 0 amide bonds. The van der Waals surface area contributed by atoms with Crippen LogP contribution in [0.5, 0.6) is 0 Å². The van der Waals surface area contributed by atoms with Crippen LogP contribution in [0.25, 0.3) is 0 Å². The smallest absolute Gasteiger partial charge is 0.264 e. The zero-order chi connectivity index (χ0) is 14.8. The van der Waals surface area contributed by atoms with Gasteiger partial charge in [0, 0.05) is 12.6 Å². The molecule has 0 aliphatic heterocycles. The highest BCUT2D eigenvalue weighted by atomic mass is 32.2. The number of sulfonamides is 1. The second-order valence-electron chi connectivity index (χ2n) is 4.39. The number of benzene rings is 2. The monoisotopic (exact) mass is 289 g/mol. The lowest BCUT2D eigenvalue weighted by Crippen LogP contribution is -2.26. The Morgan fingerprint density at radius 2 is 1.50 bits per heavy atom. The maximum Gasteiger partial charge on any atom is 0.264 e. The predicted molar refractivity (Wildman–Crippen MR) is 78.5 cm³/mol. The summed E-state index contributed by atoms with van der Waals surface area (Å²) in [5.74, 6) is -0.0508. The van der Waals surface area contributed by atoms with Crippen molar-refractivity contribution in [2.24, 2.45) is 0 Å². The average molecular weight is 289 g/mol. The molecule has 0 unspecified atom stereocenters. The first kappa shape index (κ1) is 14.3. The Hall–Kier alpha value is -2.14. The Balaban J connectivity index is 2.36. The second-order valence-corrected chi connectivity index (χ2v) is 6.36. The van der Waals surface area contributed by atoms with Crippen LogP contribution in [0.4, 0.5) is 5.69 Å². The fourth-order valence-electron chi connectivity index (χ4n) is 1.80. The molecule has 0 atom stereocenters. The number of hydrogen-bond donors (Lipinski definition) is 0. The molecule has 0 aliphatic carbocycles. The second kappa shape index (κ2) is 5.46. The van der Waals surface area contributed by atoms with Crippen molar-refractivity contribution in [1.82, 2.24) is 0 Å². The summed E-state index contributed by atoms with van der Waals surface area (Å²) in [4.78, 5) is 11.4. The quantitative estimate of drug-likeness (QED) is 0.813. The highest BCUT2D eigenvalue weighted by Crippen LogP contribution is 2.22. The Morgan fingerprint density at radius 3 is 2.00 bits per heavy atom. The number of carbonyl (C=O) groups is 1.